The molecule has 6 nitrogen and oxygen atoms in total. The van der Waals surface area contributed by atoms with Gasteiger partial charge in [-0.1, -0.05) is 0 Å². The lowest BCUT2D eigenvalue weighted by atomic mass is 10.1. The SMILES string of the molecule is CC(NCC(C)(C)NC(=O)OC(C)(C)C)c1cnccn1. The summed E-state index contributed by atoms with van der Waals surface area (Å²) < 4.78 is 5.26. The minimum absolute atomic E-state index is 0.0541. The predicted molar refractivity (Wildman–Crippen MR) is 81.9 cm³/mol. The average Bonchev–Trinajstić information content (AvgIpc) is 2.34. The first-order valence-electron chi connectivity index (χ1n) is 7.09. The first-order valence-corrected chi connectivity index (χ1v) is 7.09. The third-order valence-corrected chi connectivity index (χ3v) is 2.72. The number of carbonyl (C=O) groups excluding carboxylic acids is 1. The van der Waals surface area contributed by atoms with E-state index in [2.05, 4.69) is 20.6 Å². The first-order chi connectivity index (χ1) is 9.59. The van der Waals surface area contributed by atoms with Crippen molar-refractivity contribution in [3.05, 3.63) is 24.3 Å². The number of aromatic nitrogens is 2. The van der Waals surface area contributed by atoms with Crippen LogP contribution in [-0.2, 0) is 4.74 Å². The molecule has 118 valence electrons. The summed E-state index contributed by atoms with van der Waals surface area (Å²) in [5, 5.41) is 6.19. The highest BCUT2D eigenvalue weighted by Crippen LogP contribution is 2.11. The van der Waals surface area contributed by atoms with Gasteiger partial charge in [-0.05, 0) is 41.5 Å². The van der Waals surface area contributed by atoms with Crippen LogP contribution < -0.4 is 10.6 Å². The Morgan fingerprint density at radius 2 is 1.95 bits per heavy atom. The highest BCUT2D eigenvalue weighted by Gasteiger charge is 2.25. The lowest BCUT2D eigenvalue weighted by Crippen LogP contribution is -2.52. The Bertz CT molecular complexity index is 454. The molecule has 1 heterocycles. The summed E-state index contributed by atoms with van der Waals surface area (Å²) in [6, 6.07) is 0.0541. The number of hydrogen-bond acceptors (Lipinski definition) is 5. The maximum atomic E-state index is 11.8. The predicted octanol–water partition coefficient (Wildman–Crippen LogP) is 2.43. The quantitative estimate of drug-likeness (QED) is 0.872. The third kappa shape index (κ3) is 7.04. The number of amides is 1. The van der Waals surface area contributed by atoms with Gasteiger partial charge in [-0.2, -0.15) is 0 Å². The van der Waals surface area contributed by atoms with Crippen molar-refractivity contribution in [1.82, 2.24) is 20.6 Å². The average molecular weight is 294 g/mol. The van der Waals surface area contributed by atoms with E-state index < -0.39 is 17.2 Å². The molecule has 1 amide bonds. The monoisotopic (exact) mass is 294 g/mol. The molecule has 0 aliphatic rings. The largest absolute Gasteiger partial charge is 0.444 e. The van der Waals surface area contributed by atoms with Gasteiger partial charge in [0.15, 0.2) is 0 Å². The Kier molecular flexibility index (Phi) is 5.66. The minimum Gasteiger partial charge on any atom is -0.444 e. The van der Waals surface area contributed by atoms with E-state index in [-0.39, 0.29) is 6.04 Å². The van der Waals surface area contributed by atoms with Gasteiger partial charge in [0.05, 0.1) is 11.2 Å². The van der Waals surface area contributed by atoms with Gasteiger partial charge in [-0.15, -0.1) is 0 Å². The second-order valence-electron chi connectivity index (χ2n) is 6.74. The Balaban J connectivity index is 2.47. The standard InChI is InChI=1S/C15H26N4O2/c1-11(12-9-16-7-8-17-12)18-10-15(5,6)19-13(20)21-14(2,3)4/h7-9,11,18H,10H2,1-6H3,(H,19,20). The summed E-state index contributed by atoms with van der Waals surface area (Å²) in [6.07, 6.45) is 4.62. The van der Waals surface area contributed by atoms with Crippen LogP contribution >= 0.6 is 0 Å². The molecular formula is C15H26N4O2. The van der Waals surface area contributed by atoms with Crippen LogP contribution in [0.1, 0.15) is 53.3 Å². The van der Waals surface area contributed by atoms with Crippen molar-refractivity contribution < 1.29 is 9.53 Å². The molecule has 1 unspecified atom stereocenters. The Labute approximate surface area is 126 Å². The molecule has 0 radical (unpaired) electrons. The molecule has 2 N–H and O–H groups in total. The van der Waals surface area contributed by atoms with Gasteiger partial charge in [0.2, 0.25) is 0 Å². The van der Waals surface area contributed by atoms with E-state index in [4.69, 9.17) is 4.74 Å². The lowest BCUT2D eigenvalue weighted by Gasteiger charge is -2.30. The number of alkyl carbamates (subject to hydrolysis) is 1. The number of rotatable bonds is 5. The topological polar surface area (TPSA) is 76.1 Å². The summed E-state index contributed by atoms with van der Waals surface area (Å²) in [5.41, 5.74) is -0.0650. The fourth-order valence-corrected chi connectivity index (χ4v) is 1.67. The Morgan fingerprint density at radius 3 is 2.48 bits per heavy atom. The van der Waals surface area contributed by atoms with Gasteiger partial charge < -0.3 is 15.4 Å². The van der Waals surface area contributed by atoms with Crippen LogP contribution in [0.25, 0.3) is 0 Å². The Hall–Kier alpha value is -1.69. The van der Waals surface area contributed by atoms with Gasteiger partial charge >= 0.3 is 6.09 Å². The van der Waals surface area contributed by atoms with Crippen molar-refractivity contribution >= 4 is 6.09 Å². The van der Waals surface area contributed by atoms with E-state index in [9.17, 15) is 4.79 Å². The van der Waals surface area contributed by atoms with Crippen LogP contribution in [-0.4, -0.2) is 33.7 Å². The van der Waals surface area contributed by atoms with E-state index in [1.165, 1.54) is 0 Å². The van der Waals surface area contributed by atoms with E-state index >= 15 is 0 Å². The highest BCUT2D eigenvalue weighted by molar-refractivity contribution is 5.68. The number of nitrogens with one attached hydrogen (secondary N) is 2. The zero-order chi connectivity index (χ0) is 16.1. The summed E-state index contributed by atoms with van der Waals surface area (Å²) in [4.78, 5) is 20.1. The van der Waals surface area contributed by atoms with E-state index in [1.807, 2.05) is 41.5 Å². The fraction of sp³-hybridized carbons (Fsp3) is 0.667. The molecule has 1 rings (SSSR count). The third-order valence-electron chi connectivity index (χ3n) is 2.72. The van der Waals surface area contributed by atoms with Crippen molar-refractivity contribution in [3.63, 3.8) is 0 Å². The van der Waals surface area contributed by atoms with Crippen LogP contribution in [0.15, 0.2) is 18.6 Å². The zero-order valence-corrected chi connectivity index (χ0v) is 13.7. The normalized spacial score (nSPS) is 13.6. The molecule has 0 bridgehead atoms. The van der Waals surface area contributed by atoms with Crippen LogP contribution in [0.4, 0.5) is 4.79 Å². The van der Waals surface area contributed by atoms with Gasteiger partial charge in [0.25, 0.3) is 0 Å². The molecular weight excluding hydrogens is 268 g/mol. The second kappa shape index (κ2) is 6.85. The van der Waals surface area contributed by atoms with Gasteiger partial charge in [0, 0.05) is 31.2 Å². The molecule has 0 aliphatic heterocycles. The van der Waals surface area contributed by atoms with Crippen LogP contribution in [0, 0.1) is 0 Å². The number of ether oxygens (including phenoxy) is 1. The minimum atomic E-state index is -0.499. The van der Waals surface area contributed by atoms with Crippen LogP contribution in [0.5, 0.6) is 0 Å². The van der Waals surface area contributed by atoms with E-state index in [0.717, 1.165) is 5.69 Å². The summed E-state index contributed by atoms with van der Waals surface area (Å²) in [6.45, 7) is 12.0. The first kappa shape index (κ1) is 17.4. The van der Waals surface area contributed by atoms with E-state index in [0.29, 0.717) is 6.54 Å². The van der Waals surface area contributed by atoms with Gasteiger partial charge in [0.1, 0.15) is 5.60 Å². The lowest BCUT2D eigenvalue weighted by molar-refractivity contribution is 0.0471. The molecule has 0 aromatic carbocycles. The summed E-state index contributed by atoms with van der Waals surface area (Å²) >= 11 is 0. The summed E-state index contributed by atoms with van der Waals surface area (Å²) in [5.74, 6) is 0. The molecule has 1 aromatic rings. The number of nitrogens with zero attached hydrogens (tertiary/aromatic N) is 2. The maximum Gasteiger partial charge on any atom is 0.408 e. The molecule has 21 heavy (non-hydrogen) atoms. The van der Waals surface area contributed by atoms with Gasteiger partial charge in [-0.25, -0.2) is 4.79 Å². The molecule has 0 saturated carbocycles. The molecule has 0 fully saturated rings. The van der Waals surface area contributed by atoms with Crippen LogP contribution in [0.3, 0.4) is 0 Å². The van der Waals surface area contributed by atoms with Crippen molar-refractivity contribution in [1.29, 1.82) is 0 Å². The molecule has 6 heteroatoms. The van der Waals surface area contributed by atoms with E-state index in [1.54, 1.807) is 18.6 Å². The van der Waals surface area contributed by atoms with Crippen molar-refractivity contribution in [2.24, 2.45) is 0 Å². The summed E-state index contributed by atoms with van der Waals surface area (Å²) in [7, 11) is 0. The Morgan fingerprint density at radius 1 is 1.29 bits per heavy atom. The molecule has 0 spiro atoms. The fourth-order valence-electron chi connectivity index (χ4n) is 1.67. The smallest absolute Gasteiger partial charge is 0.408 e. The molecule has 0 aliphatic carbocycles. The van der Waals surface area contributed by atoms with Crippen molar-refractivity contribution in [3.8, 4) is 0 Å². The maximum absolute atomic E-state index is 11.8. The van der Waals surface area contributed by atoms with Crippen molar-refractivity contribution in [2.45, 2.75) is 58.7 Å². The molecule has 0 saturated heterocycles. The highest BCUT2D eigenvalue weighted by atomic mass is 16.6. The number of carbonyl (C=O) groups is 1. The second-order valence-corrected chi connectivity index (χ2v) is 6.74. The zero-order valence-electron chi connectivity index (χ0n) is 13.7. The van der Waals surface area contributed by atoms with Gasteiger partial charge in [-0.3, -0.25) is 9.97 Å². The van der Waals surface area contributed by atoms with Crippen LogP contribution in [0.2, 0.25) is 0 Å². The molecule has 1 atom stereocenters. The number of hydrogen-bond donors (Lipinski definition) is 2. The van der Waals surface area contributed by atoms with Crippen molar-refractivity contribution in [2.75, 3.05) is 6.54 Å². The molecule has 1 aromatic heterocycles.